The number of likely N-dealkylation sites (N-methyl/N-ethyl adjacent to an activating group) is 1. The smallest absolute Gasteiger partial charge is 0.321 e. The molecule has 0 aromatic heterocycles. The first-order valence-corrected chi connectivity index (χ1v) is 10.4. The van der Waals surface area contributed by atoms with E-state index in [-0.39, 0.29) is 36.9 Å². The first-order chi connectivity index (χ1) is 14.6. The minimum absolute atomic E-state index is 0. The van der Waals surface area contributed by atoms with Gasteiger partial charge in [0.2, 0.25) is 0 Å². The normalized spacial score (nSPS) is 23.9. The molecule has 0 bridgehead atoms. The molecule has 2 fully saturated rings. The van der Waals surface area contributed by atoms with E-state index < -0.39 is 11.6 Å². The van der Waals surface area contributed by atoms with E-state index in [9.17, 15) is 4.79 Å². The van der Waals surface area contributed by atoms with E-state index in [1.807, 2.05) is 54.6 Å². The second kappa shape index (κ2) is 11.3. The van der Waals surface area contributed by atoms with E-state index in [4.69, 9.17) is 14.2 Å². The van der Waals surface area contributed by atoms with Crippen molar-refractivity contribution in [2.45, 2.75) is 24.2 Å². The van der Waals surface area contributed by atoms with Gasteiger partial charge in [0.25, 0.3) is 0 Å². The molecule has 6 nitrogen and oxygen atoms in total. The Labute approximate surface area is 202 Å². The average molecular weight is 483 g/mol. The zero-order valence-corrected chi connectivity index (χ0v) is 20.4. The summed E-state index contributed by atoms with van der Waals surface area (Å²) in [6, 6.07) is 17.6. The zero-order chi connectivity index (χ0) is 21.1. The first kappa shape index (κ1) is 26.4. The van der Waals surface area contributed by atoms with E-state index >= 15 is 0 Å². The lowest BCUT2D eigenvalue weighted by atomic mass is 9.95. The van der Waals surface area contributed by atoms with E-state index in [0.717, 1.165) is 43.1 Å². The Balaban J connectivity index is 0.00000181. The highest BCUT2D eigenvalue weighted by Gasteiger charge is 2.64. The SMILES string of the molecule is COc1ccc([C@]2(C(=O)OC(c3ccccc3)N3CCN(C)CC3)C[C@H]2OC)cc1.Cl.Cl. The third kappa shape index (κ3) is 5.21. The number of halogens is 2. The Bertz CT molecular complexity index is 860. The molecule has 0 spiro atoms. The third-order valence-corrected chi connectivity index (χ3v) is 6.32. The lowest BCUT2D eigenvalue weighted by molar-refractivity contribution is -0.166. The van der Waals surface area contributed by atoms with Crippen molar-refractivity contribution >= 4 is 30.8 Å². The third-order valence-electron chi connectivity index (χ3n) is 6.32. The van der Waals surface area contributed by atoms with Crippen molar-refractivity contribution in [3.63, 3.8) is 0 Å². The fourth-order valence-corrected chi connectivity index (χ4v) is 4.28. The molecule has 4 rings (SSSR count). The molecular weight excluding hydrogens is 451 g/mol. The van der Waals surface area contributed by atoms with Crippen molar-refractivity contribution < 1.29 is 19.0 Å². The van der Waals surface area contributed by atoms with Crippen LogP contribution in [-0.2, 0) is 19.7 Å². The fraction of sp³-hybridized carbons (Fsp3) is 0.458. The minimum Gasteiger partial charge on any atom is -0.497 e. The number of carbonyl (C=O) groups excluding carboxylic acids is 1. The van der Waals surface area contributed by atoms with Crippen LogP contribution in [0, 0.1) is 0 Å². The lowest BCUT2D eigenvalue weighted by Gasteiger charge is -2.38. The molecule has 2 aliphatic rings. The van der Waals surface area contributed by atoms with Gasteiger partial charge in [-0.1, -0.05) is 42.5 Å². The summed E-state index contributed by atoms with van der Waals surface area (Å²) in [5.41, 5.74) is 1.14. The van der Waals surface area contributed by atoms with Crippen molar-refractivity contribution in [2.75, 3.05) is 47.4 Å². The van der Waals surface area contributed by atoms with Crippen LogP contribution >= 0.6 is 24.8 Å². The molecule has 1 aliphatic carbocycles. The number of carbonyl (C=O) groups is 1. The summed E-state index contributed by atoms with van der Waals surface area (Å²) in [6.07, 6.45) is 0.0433. The molecule has 1 saturated carbocycles. The van der Waals surface area contributed by atoms with Crippen LogP contribution < -0.4 is 4.74 Å². The molecule has 0 N–H and O–H groups in total. The van der Waals surface area contributed by atoms with Gasteiger partial charge >= 0.3 is 5.97 Å². The van der Waals surface area contributed by atoms with Crippen LogP contribution in [0.5, 0.6) is 5.75 Å². The lowest BCUT2D eigenvalue weighted by Crippen LogP contribution is -2.47. The number of hydrogen-bond donors (Lipinski definition) is 0. The van der Waals surface area contributed by atoms with Gasteiger partial charge in [0.1, 0.15) is 11.2 Å². The summed E-state index contributed by atoms with van der Waals surface area (Å²) in [5, 5.41) is 0. The molecule has 32 heavy (non-hydrogen) atoms. The molecule has 0 radical (unpaired) electrons. The van der Waals surface area contributed by atoms with Gasteiger partial charge < -0.3 is 19.1 Å². The molecule has 1 unspecified atom stereocenters. The highest BCUT2D eigenvalue weighted by Crippen LogP contribution is 2.52. The minimum atomic E-state index is -0.763. The van der Waals surface area contributed by atoms with Crippen LogP contribution in [0.4, 0.5) is 0 Å². The van der Waals surface area contributed by atoms with Crippen molar-refractivity contribution in [1.29, 1.82) is 0 Å². The highest BCUT2D eigenvalue weighted by molar-refractivity contribution is 5.88. The second-order valence-electron chi connectivity index (χ2n) is 8.14. The number of piperazine rings is 1. The topological polar surface area (TPSA) is 51.2 Å². The number of esters is 1. The van der Waals surface area contributed by atoms with E-state index in [2.05, 4.69) is 16.8 Å². The van der Waals surface area contributed by atoms with Gasteiger partial charge in [-0.3, -0.25) is 9.69 Å². The van der Waals surface area contributed by atoms with Gasteiger partial charge in [-0.25, -0.2) is 0 Å². The summed E-state index contributed by atoms with van der Waals surface area (Å²) in [6.45, 7) is 3.61. The number of hydrogen-bond acceptors (Lipinski definition) is 6. The summed E-state index contributed by atoms with van der Waals surface area (Å²) in [4.78, 5) is 18.1. The number of rotatable bonds is 7. The summed E-state index contributed by atoms with van der Waals surface area (Å²) >= 11 is 0. The van der Waals surface area contributed by atoms with Crippen molar-refractivity contribution in [2.24, 2.45) is 0 Å². The Morgan fingerprint density at radius 3 is 2.12 bits per heavy atom. The van der Waals surface area contributed by atoms with Crippen molar-refractivity contribution in [1.82, 2.24) is 9.80 Å². The summed E-state index contributed by atoms with van der Waals surface area (Å²) in [5.74, 6) is 0.531. The molecular formula is C24H32Cl2N2O4. The van der Waals surface area contributed by atoms with Crippen molar-refractivity contribution in [3.8, 4) is 5.75 Å². The molecule has 8 heteroatoms. The quantitative estimate of drug-likeness (QED) is 0.561. The number of methoxy groups -OCH3 is 2. The molecule has 0 amide bonds. The van der Waals surface area contributed by atoms with E-state index in [1.165, 1.54) is 0 Å². The maximum atomic E-state index is 13.6. The molecule has 176 valence electrons. The molecule has 2 aromatic rings. The first-order valence-electron chi connectivity index (χ1n) is 10.4. The molecule has 1 saturated heterocycles. The van der Waals surface area contributed by atoms with Crippen LogP contribution in [-0.4, -0.2) is 69.3 Å². The number of nitrogens with zero attached hydrogens (tertiary/aromatic N) is 2. The standard InChI is InChI=1S/C24H30N2O4.2ClH/c1-25-13-15-26(16-14-25)22(18-7-5-4-6-8-18)30-23(27)24(17-21(24)29-3)19-9-11-20(28-2)12-10-19;;/h4-12,21-22H,13-17H2,1-3H3;2*1H/t21-,22?,24-;;/m1../s1. The summed E-state index contributed by atoms with van der Waals surface area (Å²) < 4.78 is 17.1. The number of ether oxygens (including phenoxy) is 3. The number of benzene rings is 2. The van der Waals surface area contributed by atoms with Crippen molar-refractivity contribution in [3.05, 3.63) is 65.7 Å². The van der Waals surface area contributed by atoms with E-state index in [1.54, 1.807) is 14.2 Å². The Hall–Kier alpha value is -1.83. The van der Waals surface area contributed by atoms with Gasteiger partial charge in [-0.2, -0.15) is 0 Å². The van der Waals surface area contributed by atoms with Crippen LogP contribution in [0.15, 0.2) is 54.6 Å². The van der Waals surface area contributed by atoms with Crippen LogP contribution in [0.2, 0.25) is 0 Å². The second-order valence-corrected chi connectivity index (χ2v) is 8.14. The molecule has 1 heterocycles. The Kier molecular flexibility index (Phi) is 9.37. The van der Waals surface area contributed by atoms with Gasteiger partial charge in [0.05, 0.1) is 13.2 Å². The average Bonchev–Trinajstić information content (AvgIpc) is 3.55. The van der Waals surface area contributed by atoms with Gasteiger partial charge in [0.15, 0.2) is 6.23 Å². The molecule has 2 aromatic carbocycles. The van der Waals surface area contributed by atoms with Crippen LogP contribution in [0.1, 0.15) is 23.8 Å². The maximum absolute atomic E-state index is 13.6. The monoisotopic (exact) mass is 482 g/mol. The Morgan fingerprint density at radius 1 is 0.969 bits per heavy atom. The fourth-order valence-electron chi connectivity index (χ4n) is 4.28. The Morgan fingerprint density at radius 2 is 1.59 bits per heavy atom. The molecule has 1 aliphatic heterocycles. The van der Waals surface area contributed by atoms with Gasteiger partial charge in [-0.15, -0.1) is 24.8 Å². The maximum Gasteiger partial charge on any atom is 0.321 e. The predicted molar refractivity (Wildman–Crippen MR) is 129 cm³/mol. The zero-order valence-electron chi connectivity index (χ0n) is 18.7. The van der Waals surface area contributed by atoms with Gasteiger partial charge in [0, 0.05) is 38.9 Å². The van der Waals surface area contributed by atoms with E-state index in [0.29, 0.717) is 6.42 Å². The summed E-state index contributed by atoms with van der Waals surface area (Å²) in [7, 11) is 5.40. The van der Waals surface area contributed by atoms with Crippen LogP contribution in [0.25, 0.3) is 0 Å². The molecule has 3 atom stereocenters. The predicted octanol–water partition coefficient (Wildman–Crippen LogP) is 3.68. The largest absolute Gasteiger partial charge is 0.497 e. The van der Waals surface area contributed by atoms with Crippen LogP contribution in [0.3, 0.4) is 0 Å². The van der Waals surface area contributed by atoms with Gasteiger partial charge in [-0.05, 0) is 31.2 Å². The highest BCUT2D eigenvalue weighted by atomic mass is 35.5.